The summed E-state index contributed by atoms with van der Waals surface area (Å²) in [6.07, 6.45) is 3.07. The Balaban J connectivity index is 0.000000424. The lowest BCUT2D eigenvalue weighted by Crippen LogP contribution is -2.32. The first kappa shape index (κ1) is 12.3. The van der Waals surface area contributed by atoms with Gasteiger partial charge in [0.15, 0.2) is 0 Å². The molecule has 0 aliphatic carbocycles. The lowest BCUT2D eigenvalue weighted by atomic mass is 9.87. The molecule has 3 nitrogen and oxygen atoms in total. The third-order valence-electron chi connectivity index (χ3n) is 2.71. The van der Waals surface area contributed by atoms with Crippen molar-refractivity contribution in [2.75, 3.05) is 20.1 Å². The normalized spacial score (nSPS) is 19.1. The van der Waals surface area contributed by atoms with Gasteiger partial charge < -0.3 is 4.90 Å². The van der Waals surface area contributed by atoms with Gasteiger partial charge in [0.2, 0.25) is 0 Å². The molecule has 0 unspecified atom stereocenters. The molecule has 0 N–H and O–H groups in total. The van der Waals surface area contributed by atoms with E-state index in [9.17, 15) is 0 Å². The maximum atomic E-state index is 8.12. The molecule has 1 aliphatic rings. The van der Waals surface area contributed by atoms with Crippen LogP contribution < -0.4 is 0 Å². The standard InChI is InChI=1S/C9H19N.CO2/c1-8(2)9-4-6-10(3)7-5-9;2-1-3/h8-9H,4-7H2,1-3H3;. The minimum atomic E-state index is 0.250. The van der Waals surface area contributed by atoms with Crippen molar-refractivity contribution in [1.29, 1.82) is 0 Å². The second kappa shape index (κ2) is 6.81. The molecule has 1 aliphatic heterocycles. The first-order valence-electron chi connectivity index (χ1n) is 4.79. The fourth-order valence-electron chi connectivity index (χ4n) is 1.70. The summed E-state index contributed by atoms with van der Waals surface area (Å²) in [7, 11) is 2.22. The van der Waals surface area contributed by atoms with Crippen LogP contribution in [0.2, 0.25) is 0 Å². The molecular weight excluding hydrogens is 166 g/mol. The summed E-state index contributed by atoms with van der Waals surface area (Å²) in [6.45, 7) is 7.30. The van der Waals surface area contributed by atoms with Gasteiger partial charge in [0.25, 0.3) is 0 Å². The third kappa shape index (κ3) is 5.56. The van der Waals surface area contributed by atoms with Crippen LogP contribution in [0, 0.1) is 11.8 Å². The minimum Gasteiger partial charge on any atom is -0.306 e. The van der Waals surface area contributed by atoms with Crippen LogP contribution in [0.5, 0.6) is 0 Å². The number of nitrogens with zero attached hydrogens (tertiary/aromatic N) is 1. The van der Waals surface area contributed by atoms with Crippen LogP contribution in [0.15, 0.2) is 0 Å². The fraction of sp³-hybridized carbons (Fsp3) is 0.900. The van der Waals surface area contributed by atoms with Gasteiger partial charge >= 0.3 is 6.15 Å². The van der Waals surface area contributed by atoms with E-state index in [-0.39, 0.29) is 6.15 Å². The average Bonchev–Trinajstić information content (AvgIpc) is 2.06. The van der Waals surface area contributed by atoms with Crippen LogP contribution in [-0.2, 0) is 9.59 Å². The van der Waals surface area contributed by atoms with Crippen molar-refractivity contribution in [3.05, 3.63) is 0 Å². The van der Waals surface area contributed by atoms with E-state index in [1.165, 1.54) is 25.9 Å². The predicted octanol–water partition coefficient (Wildman–Crippen LogP) is 1.40. The Bertz CT molecular complexity index is 154. The van der Waals surface area contributed by atoms with Gasteiger partial charge in [-0.3, -0.25) is 0 Å². The molecule has 1 heterocycles. The van der Waals surface area contributed by atoms with Gasteiger partial charge in [0.05, 0.1) is 0 Å². The first-order valence-corrected chi connectivity index (χ1v) is 4.79. The molecule has 0 radical (unpaired) electrons. The Kier molecular flexibility index (Phi) is 6.47. The van der Waals surface area contributed by atoms with E-state index in [2.05, 4.69) is 25.8 Å². The summed E-state index contributed by atoms with van der Waals surface area (Å²) in [6, 6.07) is 0. The molecule has 1 fully saturated rings. The smallest absolute Gasteiger partial charge is 0.306 e. The Morgan fingerprint density at radius 1 is 1.23 bits per heavy atom. The Morgan fingerprint density at radius 2 is 1.62 bits per heavy atom. The van der Waals surface area contributed by atoms with Gasteiger partial charge in [-0.25, -0.2) is 0 Å². The lowest BCUT2D eigenvalue weighted by molar-refractivity contribution is -0.191. The lowest BCUT2D eigenvalue weighted by Gasteiger charge is -2.31. The van der Waals surface area contributed by atoms with E-state index >= 15 is 0 Å². The highest BCUT2D eigenvalue weighted by Crippen LogP contribution is 2.23. The van der Waals surface area contributed by atoms with E-state index < -0.39 is 0 Å². The number of rotatable bonds is 1. The molecular formula is C10H19NO2. The van der Waals surface area contributed by atoms with Crippen molar-refractivity contribution in [2.24, 2.45) is 11.8 Å². The molecule has 0 aromatic rings. The molecule has 1 saturated heterocycles. The summed E-state index contributed by atoms with van der Waals surface area (Å²) in [4.78, 5) is 18.7. The topological polar surface area (TPSA) is 37.4 Å². The number of carbonyl (C=O) groups excluding carboxylic acids is 2. The second-order valence-electron chi connectivity index (χ2n) is 3.97. The molecule has 0 aromatic carbocycles. The minimum absolute atomic E-state index is 0.250. The quantitative estimate of drug-likeness (QED) is 0.619. The van der Waals surface area contributed by atoms with E-state index in [0.29, 0.717) is 0 Å². The van der Waals surface area contributed by atoms with Gasteiger partial charge in [-0.05, 0) is 44.8 Å². The van der Waals surface area contributed by atoms with Crippen molar-refractivity contribution in [2.45, 2.75) is 26.7 Å². The number of piperidine rings is 1. The van der Waals surface area contributed by atoms with Crippen molar-refractivity contribution >= 4 is 6.15 Å². The zero-order chi connectivity index (χ0) is 10.3. The SMILES string of the molecule is CC(C)C1CCN(C)CC1.O=C=O. The van der Waals surface area contributed by atoms with Gasteiger partial charge in [-0.2, -0.15) is 9.59 Å². The van der Waals surface area contributed by atoms with Gasteiger partial charge in [-0.15, -0.1) is 0 Å². The molecule has 0 saturated carbocycles. The first-order chi connectivity index (χ1) is 6.11. The van der Waals surface area contributed by atoms with Gasteiger partial charge in [-0.1, -0.05) is 13.8 Å². The summed E-state index contributed by atoms with van der Waals surface area (Å²) >= 11 is 0. The predicted molar refractivity (Wildman–Crippen MR) is 50.1 cm³/mol. The highest BCUT2D eigenvalue weighted by Gasteiger charge is 2.18. The molecule has 0 amide bonds. The number of likely N-dealkylation sites (tertiary alicyclic amines) is 1. The molecule has 13 heavy (non-hydrogen) atoms. The summed E-state index contributed by atoms with van der Waals surface area (Å²) in [5.74, 6) is 1.89. The zero-order valence-corrected chi connectivity index (χ0v) is 8.75. The fourth-order valence-corrected chi connectivity index (χ4v) is 1.70. The second-order valence-corrected chi connectivity index (χ2v) is 3.97. The third-order valence-corrected chi connectivity index (χ3v) is 2.71. The molecule has 0 bridgehead atoms. The van der Waals surface area contributed by atoms with Crippen molar-refractivity contribution < 1.29 is 9.59 Å². The van der Waals surface area contributed by atoms with Crippen molar-refractivity contribution in [3.8, 4) is 0 Å². The molecule has 1 rings (SSSR count). The van der Waals surface area contributed by atoms with Crippen LogP contribution >= 0.6 is 0 Å². The van der Waals surface area contributed by atoms with Gasteiger partial charge in [0, 0.05) is 0 Å². The van der Waals surface area contributed by atoms with Crippen molar-refractivity contribution in [3.63, 3.8) is 0 Å². The monoisotopic (exact) mass is 185 g/mol. The summed E-state index contributed by atoms with van der Waals surface area (Å²) < 4.78 is 0. The maximum Gasteiger partial charge on any atom is 0.373 e. The van der Waals surface area contributed by atoms with E-state index in [4.69, 9.17) is 9.59 Å². The van der Waals surface area contributed by atoms with Crippen LogP contribution in [0.25, 0.3) is 0 Å². The Labute approximate surface area is 80.1 Å². The van der Waals surface area contributed by atoms with Crippen molar-refractivity contribution in [1.82, 2.24) is 4.90 Å². The molecule has 3 heteroatoms. The maximum absolute atomic E-state index is 8.12. The highest BCUT2D eigenvalue weighted by atomic mass is 16.2. The Morgan fingerprint density at radius 3 is 1.92 bits per heavy atom. The van der Waals surface area contributed by atoms with Crippen LogP contribution in [0.4, 0.5) is 0 Å². The molecule has 0 spiro atoms. The van der Waals surface area contributed by atoms with E-state index in [0.717, 1.165) is 11.8 Å². The Hall–Kier alpha value is -0.660. The van der Waals surface area contributed by atoms with E-state index in [1.807, 2.05) is 0 Å². The molecule has 76 valence electrons. The van der Waals surface area contributed by atoms with Crippen LogP contribution in [-0.4, -0.2) is 31.2 Å². The van der Waals surface area contributed by atoms with E-state index in [1.54, 1.807) is 0 Å². The highest BCUT2D eigenvalue weighted by molar-refractivity contribution is 5.20. The number of hydrogen-bond acceptors (Lipinski definition) is 3. The van der Waals surface area contributed by atoms with Crippen LogP contribution in [0.1, 0.15) is 26.7 Å². The largest absolute Gasteiger partial charge is 0.373 e. The summed E-state index contributed by atoms with van der Waals surface area (Å²) in [5, 5.41) is 0. The number of hydrogen-bond donors (Lipinski definition) is 0. The molecule has 0 aromatic heterocycles. The summed E-state index contributed by atoms with van der Waals surface area (Å²) in [5.41, 5.74) is 0. The zero-order valence-electron chi connectivity index (χ0n) is 8.75. The average molecular weight is 185 g/mol. The van der Waals surface area contributed by atoms with Gasteiger partial charge in [0.1, 0.15) is 0 Å². The molecule has 0 atom stereocenters. The van der Waals surface area contributed by atoms with Crippen LogP contribution in [0.3, 0.4) is 0 Å².